The summed E-state index contributed by atoms with van der Waals surface area (Å²) in [6.07, 6.45) is -3.12. The van der Waals surface area contributed by atoms with Crippen LogP contribution in [0.1, 0.15) is 33.9 Å². The lowest BCUT2D eigenvalue weighted by Gasteiger charge is -2.27. The molecule has 2 N–H and O–H groups in total. The highest BCUT2D eigenvalue weighted by Crippen LogP contribution is 2.40. The number of aromatic nitrogens is 1. The van der Waals surface area contributed by atoms with E-state index in [1.54, 1.807) is 0 Å². The third-order valence-electron chi connectivity index (χ3n) is 4.14. The van der Waals surface area contributed by atoms with Crippen molar-refractivity contribution < 1.29 is 28.2 Å². The normalized spacial score (nSPS) is 20.7. The highest BCUT2D eigenvalue weighted by molar-refractivity contribution is 5.94. The van der Waals surface area contributed by atoms with Crippen molar-refractivity contribution in [2.45, 2.75) is 24.7 Å². The molecular formula is C17H15F3N2O3. The van der Waals surface area contributed by atoms with Gasteiger partial charge in [-0.25, -0.2) is 0 Å². The molecule has 8 heteroatoms. The van der Waals surface area contributed by atoms with Crippen LogP contribution in [0.5, 0.6) is 5.75 Å². The number of aromatic hydroxyl groups is 1. The Morgan fingerprint density at radius 1 is 1.24 bits per heavy atom. The predicted octanol–water partition coefficient (Wildman–Crippen LogP) is 2.75. The van der Waals surface area contributed by atoms with Crippen molar-refractivity contribution in [3.63, 3.8) is 0 Å². The average molecular weight is 352 g/mol. The molecule has 2 aromatic rings. The van der Waals surface area contributed by atoms with Gasteiger partial charge in [0.25, 0.3) is 5.91 Å². The molecule has 0 spiro atoms. The first-order valence-corrected chi connectivity index (χ1v) is 7.56. The number of hydrogen-bond donors (Lipinski definition) is 2. The molecule has 1 fully saturated rings. The van der Waals surface area contributed by atoms with E-state index in [4.69, 9.17) is 0 Å². The minimum atomic E-state index is -4.56. The summed E-state index contributed by atoms with van der Waals surface area (Å²) in [5.74, 6) is -0.820. The molecule has 0 radical (unpaired) electrons. The van der Waals surface area contributed by atoms with E-state index in [2.05, 4.69) is 4.98 Å². The molecule has 132 valence electrons. The number of amides is 1. The number of nitrogens with zero attached hydrogens (tertiary/aromatic N) is 2. The first-order valence-electron chi connectivity index (χ1n) is 7.56. The highest BCUT2D eigenvalue weighted by Gasteiger charge is 2.41. The van der Waals surface area contributed by atoms with Crippen LogP contribution >= 0.6 is 0 Å². The molecule has 0 aliphatic carbocycles. The molecule has 1 aliphatic rings. The molecule has 0 unspecified atom stereocenters. The van der Waals surface area contributed by atoms with Crippen LogP contribution in [0.3, 0.4) is 0 Å². The van der Waals surface area contributed by atoms with Gasteiger partial charge in [0.05, 0.1) is 29.5 Å². The molecular weight excluding hydrogens is 337 g/mol. The van der Waals surface area contributed by atoms with Gasteiger partial charge in [-0.05, 0) is 24.1 Å². The number of alkyl halides is 3. The molecule has 1 saturated heterocycles. The van der Waals surface area contributed by atoms with Crippen molar-refractivity contribution in [2.75, 3.05) is 6.54 Å². The number of benzene rings is 1. The van der Waals surface area contributed by atoms with Gasteiger partial charge >= 0.3 is 6.18 Å². The van der Waals surface area contributed by atoms with Crippen molar-refractivity contribution in [1.82, 2.24) is 9.88 Å². The van der Waals surface area contributed by atoms with Crippen LogP contribution in [0, 0.1) is 0 Å². The van der Waals surface area contributed by atoms with Gasteiger partial charge in [0.15, 0.2) is 0 Å². The zero-order valence-corrected chi connectivity index (χ0v) is 12.9. The number of carbonyl (C=O) groups is 1. The second-order valence-corrected chi connectivity index (χ2v) is 5.88. The fraction of sp³-hybridized carbons (Fsp3) is 0.294. The Hall–Kier alpha value is -2.61. The van der Waals surface area contributed by atoms with Crippen molar-refractivity contribution in [3.8, 4) is 5.75 Å². The molecule has 0 bridgehead atoms. The topological polar surface area (TPSA) is 73.7 Å². The highest BCUT2D eigenvalue weighted by atomic mass is 19.4. The van der Waals surface area contributed by atoms with Gasteiger partial charge in [-0.1, -0.05) is 18.2 Å². The number of likely N-dealkylation sites (tertiary alicyclic amines) is 1. The van der Waals surface area contributed by atoms with Gasteiger partial charge in [0.1, 0.15) is 5.75 Å². The van der Waals surface area contributed by atoms with E-state index in [0.29, 0.717) is 0 Å². The number of hydrogen-bond acceptors (Lipinski definition) is 4. The van der Waals surface area contributed by atoms with E-state index in [9.17, 15) is 28.2 Å². The average Bonchev–Trinajstić information content (AvgIpc) is 2.95. The third kappa shape index (κ3) is 3.43. The Morgan fingerprint density at radius 3 is 2.64 bits per heavy atom. The third-order valence-corrected chi connectivity index (χ3v) is 4.14. The molecule has 2 heterocycles. The summed E-state index contributed by atoms with van der Waals surface area (Å²) in [4.78, 5) is 17.6. The molecule has 2 atom stereocenters. The Bertz CT molecular complexity index is 795. The first-order chi connectivity index (χ1) is 11.8. The Balaban J connectivity index is 2.00. The van der Waals surface area contributed by atoms with E-state index in [0.717, 1.165) is 12.3 Å². The monoisotopic (exact) mass is 352 g/mol. The molecule has 5 nitrogen and oxygen atoms in total. The predicted molar refractivity (Wildman–Crippen MR) is 81.7 cm³/mol. The maximum atomic E-state index is 13.3. The summed E-state index contributed by atoms with van der Waals surface area (Å²) in [5.41, 5.74) is -0.850. The van der Waals surface area contributed by atoms with E-state index in [1.807, 2.05) is 0 Å². The summed E-state index contributed by atoms with van der Waals surface area (Å²) >= 11 is 0. The van der Waals surface area contributed by atoms with E-state index in [1.165, 1.54) is 35.4 Å². The fourth-order valence-electron chi connectivity index (χ4n) is 3.09. The Kier molecular flexibility index (Phi) is 4.38. The lowest BCUT2D eigenvalue weighted by atomic mass is 9.97. The number of aliphatic hydroxyl groups excluding tert-OH is 1. The Morgan fingerprint density at radius 2 is 1.96 bits per heavy atom. The van der Waals surface area contributed by atoms with Gasteiger partial charge < -0.3 is 15.1 Å². The summed E-state index contributed by atoms with van der Waals surface area (Å²) < 4.78 is 39.9. The fourth-order valence-corrected chi connectivity index (χ4v) is 3.09. The molecule has 1 amide bonds. The van der Waals surface area contributed by atoms with Crippen LogP contribution in [-0.4, -0.2) is 38.7 Å². The minimum Gasteiger partial charge on any atom is -0.506 e. The SMILES string of the molecule is O=C(c1cncc(O)c1)N1C[C@H](O)C[C@H]1c1ccccc1C(F)(F)F. The van der Waals surface area contributed by atoms with Crippen LogP contribution < -0.4 is 0 Å². The standard InChI is InChI=1S/C17H15F3N2O3/c18-17(19,20)14-4-2-1-3-13(14)15-6-12(24)9-22(15)16(25)10-5-11(23)8-21-7-10/h1-5,7-8,12,15,23-24H,6,9H2/t12-,15+/m1/s1. The van der Waals surface area contributed by atoms with Gasteiger partial charge in [-0.15, -0.1) is 0 Å². The van der Waals surface area contributed by atoms with E-state index < -0.39 is 29.8 Å². The summed E-state index contributed by atoms with van der Waals surface area (Å²) in [6.45, 7) is -0.0919. The molecule has 1 aromatic carbocycles. The number of β-amino-alcohol motifs (C(OH)–C–C–N with tert-alkyl or cyclic N) is 1. The summed E-state index contributed by atoms with van der Waals surface area (Å²) in [7, 11) is 0. The largest absolute Gasteiger partial charge is 0.506 e. The van der Waals surface area contributed by atoms with Crippen LogP contribution in [0.2, 0.25) is 0 Å². The maximum Gasteiger partial charge on any atom is 0.416 e. The summed E-state index contributed by atoms with van der Waals surface area (Å²) in [6, 6.07) is 5.29. The number of aliphatic hydroxyl groups is 1. The van der Waals surface area contributed by atoms with E-state index >= 15 is 0 Å². The van der Waals surface area contributed by atoms with Gasteiger partial charge in [0.2, 0.25) is 0 Å². The number of rotatable bonds is 2. The van der Waals surface area contributed by atoms with Crippen LogP contribution in [0.15, 0.2) is 42.7 Å². The molecule has 1 aromatic heterocycles. The zero-order chi connectivity index (χ0) is 18.2. The Labute approximate surface area is 141 Å². The quantitative estimate of drug-likeness (QED) is 0.872. The second-order valence-electron chi connectivity index (χ2n) is 5.88. The van der Waals surface area contributed by atoms with Crippen LogP contribution in [0.4, 0.5) is 13.2 Å². The van der Waals surface area contributed by atoms with Crippen molar-refractivity contribution in [3.05, 3.63) is 59.4 Å². The van der Waals surface area contributed by atoms with E-state index in [-0.39, 0.29) is 29.8 Å². The van der Waals surface area contributed by atoms with Crippen molar-refractivity contribution in [1.29, 1.82) is 0 Å². The van der Waals surface area contributed by atoms with Gasteiger partial charge in [0, 0.05) is 12.7 Å². The molecule has 25 heavy (non-hydrogen) atoms. The van der Waals surface area contributed by atoms with Crippen LogP contribution in [-0.2, 0) is 6.18 Å². The lowest BCUT2D eigenvalue weighted by molar-refractivity contribution is -0.138. The lowest BCUT2D eigenvalue weighted by Crippen LogP contribution is -2.32. The van der Waals surface area contributed by atoms with Crippen molar-refractivity contribution in [2.24, 2.45) is 0 Å². The van der Waals surface area contributed by atoms with Gasteiger partial charge in [-0.2, -0.15) is 13.2 Å². The molecule has 0 saturated carbocycles. The smallest absolute Gasteiger partial charge is 0.416 e. The van der Waals surface area contributed by atoms with Crippen molar-refractivity contribution >= 4 is 5.91 Å². The van der Waals surface area contributed by atoms with Crippen LogP contribution in [0.25, 0.3) is 0 Å². The number of carbonyl (C=O) groups excluding carboxylic acids is 1. The zero-order valence-electron chi connectivity index (χ0n) is 12.9. The second kappa shape index (κ2) is 6.36. The minimum absolute atomic E-state index is 0.00504. The maximum absolute atomic E-state index is 13.3. The first kappa shape index (κ1) is 17.2. The number of halogens is 3. The number of pyridine rings is 1. The molecule has 3 rings (SSSR count). The molecule has 1 aliphatic heterocycles. The van der Waals surface area contributed by atoms with Gasteiger partial charge in [-0.3, -0.25) is 9.78 Å². The summed E-state index contributed by atoms with van der Waals surface area (Å²) in [5, 5.41) is 19.4.